The molecule has 1 aromatic heterocycles. The number of thioether (sulfide) groups is 1. The number of carbonyl (C=O) groups excluding carboxylic acids is 1. The van der Waals surface area contributed by atoms with E-state index in [4.69, 9.17) is 5.11 Å². The van der Waals surface area contributed by atoms with Crippen molar-refractivity contribution in [2.45, 2.75) is 31.0 Å². The number of aliphatic carboxylic acids is 1. The Kier molecular flexibility index (Phi) is 4.35. The lowest BCUT2D eigenvalue weighted by Gasteiger charge is -2.08. The first kappa shape index (κ1) is 13.8. The fraction of sp³-hybridized carbons (Fsp3) is 0.700. The second kappa shape index (κ2) is 6.00. The highest BCUT2D eigenvalue weighted by atomic mass is 32.2. The summed E-state index contributed by atoms with van der Waals surface area (Å²) in [5.74, 6) is -1.56. The van der Waals surface area contributed by atoms with Crippen molar-refractivity contribution in [2.75, 3.05) is 12.3 Å². The number of rotatable bonds is 7. The summed E-state index contributed by atoms with van der Waals surface area (Å²) in [5, 5.41) is 23.2. The molecule has 1 aromatic rings. The van der Waals surface area contributed by atoms with E-state index < -0.39 is 11.9 Å². The van der Waals surface area contributed by atoms with Crippen molar-refractivity contribution in [3.05, 3.63) is 0 Å². The number of tetrazole rings is 1. The quantitative estimate of drug-likeness (QED) is 0.675. The van der Waals surface area contributed by atoms with Crippen LogP contribution in [-0.2, 0) is 9.59 Å². The van der Waals surface area contributed by atoms with Gasteiger partial charge in [-0.3, -0.25) is 9.59 Å². The smallest absolute Gasteiger partial charge is 0.308 e. The van der Waals surface area contributed by atoms with E-state index in [1.807, 2.05) is 0 Å². The van der Waals surface area contributed by atoms with E-state index in [0.717, 1.165) is 12.8 Å². The second-order valence-electron chi connectivity index (χ2n) is 4.47. The van der Waals surface area contributed by atoms with Gasteiger partial charge >= 0.3 is 5.97 Å². The highest BCUT2D eigenvalue weighted by Gasteiger charge is 2.28. The average molecular weight is 285 g/mol. The van der Waals surface area contributed by atoms with Crippen molar-refractivity contribution in [3.8, 4) is 0 Å². The van der Waals surface area contributed by atoms with Gasteiger partial charge in [0.25, 0.3) is 0 Å². The van der Waals surface area contributed by atoms with E-state index in [0.29, 0.717) is 11.2 Å². The van der Waals surface area contributed by atoms with E-state index in [9.17, 15) is 9.59 Å². The van der Waals surface area contributed by atoms with Crippen LogP contribution >= 0.6 is 11.8 Å². The van der Waals surface area contributed by atoms with Crippen molar-refractivity contribution in [3.63, 3.8) is 0 Å². The Morgan fingerprint density at radius 2 is 2.32 bits per heavy atom. The Labute approximate surface area is 113 Å². The number of carbonyl (C=O) groups is 2. The summed E-state index contributed by atoms with van der Waals surface area (Å²) in [4.78, 5) is 22.2. The molecule has 2 rings (SSSR count). The lowest BCUT2D eigenvalue weighted by atomic mass is 10.2. The number of carboxylic acids is 1. The van der Waals surface area contributed by atoms with Gasteiger partial charge in [-0.05, 0) is 23.3 Å². The molecule has 1 amide bonds. The van der Waals surface area contributed by atoms with Gasteiger partial charge in [-0.1, -0.05) is 18.7 Å². The first-order chi connectivity index (χ1) is 9.08. The van der Waals surface area contributed by atoms with Gasteiger partial charge in [-0.25, -0.2) is 4.68 Å². The topological polar surface area (TPSA) is 110 Å². The van der Waals surface area contributed by atoms with E-state index in [-0.39, 0.29) is 18.2 Å². The Hall–Kier alpha value is -1.64. The molecule has 8 nitrogen and oxygen atoms in total. The highest BCUT2D eigenvalue weighted by molar-refractivity contribution is 7.99. The normalized spacial score (nSPS) is 16.1. The Bertz CT molecular complexity index is 473. The molecule has 2 N–H and O–H groups in total. The maximum Gasteiger partial charge on any atom is 0.308 e. The predicted octanol–water partition coefficient (Wildman–Crippen LogP) is -0.0630. The molecule has 104 valence electrons. The van der Waals surface area contributed by atoms with Crippen LogP contribution in [0, 0.1) is 5.92 Å². The van der Waals surface area contributed by atoms with Crippen LogP contribution < -0.4 is 5.32 Å². The van der Waals surface area contributed by atoms with Crippen molar-refractivity contribution >= 4 is 23.6 Å². The fourth-order valence-electron chi connectivity index (χ4n) is 1.36. The second-order valence-corrected chi connectivity index (χ2v) is 5.41. The molecule has 0 radical (unpaired) electrons. The monoisotopic (exact) mass is 285 g/mol. The van der Waals surface area contributed by atoms with Gasteiger partial charge in [0.05, 0.1) is 17.7 Å². The van der Waals surface area contributed by atoms with Crippen LogP contribution in [0.5, 0.6) is 0 Å². The van der Waals surface area contributed by atoms with Gasteiger partial charge in [0.2, 0.25) is 11.1 Å². The van der Waals surface area contributed by atoms with E-state index in [2.05, 4.69) is 20.8 Å². The number of nitrogens with one attached hydrogen (secondary N) is 1. The van der Waals surface area contributed by atoms with Crippen molar-refractivity contribution in [1.29, 1.82) is 0 Å². The van der Waals surface area contributed by atoms with Gasteiger partial charge < -0.3 is 10.4 Å². The van der Waals surface area contributed by atoms with Crippen molar-refractivity contribution in [1.82, 2.24) is 25.5 Å². The summed E-state index contributed by atoms with van der Waals surface area (Å²) in [6.07, 6.45) is 2.14. The highest BCUT2D eigenvalue weighted by Crippen LogP contribution is 2.36. The van der Waals surface area contributed by atoms with Crippen LogP contribution in [0.3, 0.4) is 0 Å². The maximum absolute atomic E-state index is 11.6. The van der Waals surface area contributed by atoms with Gasteiger partial charge in [0.1, 0.15) is 0 Å². The van der Waals surface area contributed by atoms with Crippen LogP contribution in [0.4, 0.5) is 0 Å². The SMILES string of the molecule is CC(CNC(=O)CSc1nnnn1C1CC1)C(=O)O. The van der Waals surface area contributed by atoms with Crippen molar-refractivity contribution < 1.29 is 14.7 Å². The number of hydrogen-bond donors (Lipinski definition) is 2. The van der Waals surface area contributed by atoms with Gasteiger partial charge in [0.15, 0.2) is 0 Å². The Balaban J connectivity index is 1.74. The van der Waals surface area contributed by atoms with Gasteiger partial charge in [-0.15, -0.1) is 5.10 Å². The van der Waals surface area contributed by atoms with Crippen molar-refractivity contribution in [2.24, 2.45) is 5.92 Å². The van der Waals surface area contributed by atoms with Gasteiger partial charge in [0, 0.05) is 6.54 Å². The molecule has 1 atom stereocenters. The zero-order chi connectivity index (χ0) is 13.8. The number of amides is 1. The molecule has 1 unspecified atom stereocenters. The molecule has 0 saturated heterocycles. The fourth-order valence-corrected chi connectivity index (χ4v) is 2.14. The lowest BCUT2D eigenvalue weighted by Crippen LogP contribution is -2.32. The van der Waals surface area contributed by atoms with Crippen LogP contribution in [0.15, 0.2) is 5.16 Å². The molecule has 1 saturated carbocycles. The first-order valence-corrected chi connectivity index (χ1v) is 6.96. The zero-order valence-corrected chi connectivity index (χ0v) is 11.3. The minimum Gasteiger partial charge on any atom is -0.481 e. The molecule has 9 heteroatoms. The van der Waals surface area contributed by atoms with Gasteiger partial charge in [-0.2, -0.15) is 0 Å². The number of aromatic nitrogens is 4. The molecular weight excluding hydrogens is 270 g/mol. The molecule has 1 fully saturated rings. The molecule has 0 aliphatic heterocycles. The Morgan fingerprint density at radius 1 is 1.58 bits per heavy atom. The molecule has 1 aliphatic rings. The van der Waals surface area contributed by atoms with Crippen LogP contribution in [0.1, 0.15) is 25.8 Å². The summed E-state index contributed by atoms with van der Waals surface area (Å²) in [5.41, 5.74) is 0. The number of nitrogens with zero attached hydrogens (tertiary/aromatic N) is 4. The van der Waals surface area contributed by atoms with E-state index >= 15 is 0 Å². The van der Waals surface area contributed by atoms with Crippen LogP contribution in [0.25, 0.3) is 0 Å². The lowest BCUT2D eigenvalue weighted by molar-refractivity contribution is -0.141. The molecule has 0 aromatic carbocycles. The third kappa shape index (κ3) is 3.91. The first-order valence-electron chi connectivity index (χ1n) is 5.98. The maximum atomic E-state index is 11.6. The largest absolute Gasteiger partial charge is 0.481 e. The third-order valence-corrected chi connectivity index (χ3v) is 3.65. The summed E-state index contributed by atoms with van der Waals surface area (Å²) in [6, 6.07) is 0.368. The average Bonchev–Trinajstić information content (AvgIpc) is 3.12. The summed E-state index contributed by atoms with van der Waals surface area (Å²) in [6.45, 7) is 1.67. The molecule has 19 heavy (non-hydrogen) atoms. The molecule has 1 heterocycles. The molecule has 0 bridgehead atoms. The number of hydrogen-bond acceptors (Lipinski definition) is 6. The Morgan fingerprint density at radius 3 is 2.95 bits per heavy atom. The molecule has 1 aliphatic carbocycles. The summed E-state index contributed by atoms with van der Waals surface area (Å²) in [7, 11) is 0. The molecular formula is C10H15N5O3S. The number of carboxylic acid groups (broad SMARTS) is 1. The summed E-state index contributed by atoms with van der Waals surface area (Å²) < 4.78 is 1.73. The molecule has 0 spiro atoms. The predicted molar refractivity (Wildman–Crippen MR) is 66.6 cm³/mol. The van der Waals surface area contributed by atoms with E-state index in [1.54, 1.807) is 11.6 Å². The summed E-state index contributed by atoms with van der Waals surface area (Å²) >= 11 is 1.26. The standard InChI is InChI=1S/C10H15N5O3S/c1-6(9(17)18)4-11-8(16)5-19-10-12-13-14-15(10)7-2-3-7/h6-7H,2-5H2,1H3,(H,11,16)(H,17,18). The van der Waals surface area contributed by atoms with Crippen LogP contribution in [-0.4, -0.2) is 49.5 Å². The third-order valence-electron chi connectivity index (χ3n) is 2.71. The zero-order valence-electron chi connectivity index (χ0n) is 10.4. The van der Waals surface area contributed by atoms with E-state index in [1.165, 1.54) is 11.8 Å². The van der Waals surface area contributed by atoms with Crippen LogP contribution in [0.2, 0.25) is 0 Å². The minimum atomic E-state index is -0.925. The minimum absolute atomic E-state index is 0.127.